The number of nitro benzene ring substituents is 1. The number of carbonyl (C=O) groups excluding carboxylic acids is 1. The number of hydrogen-bond acceptors (Lipinski definition) is 6. The van der Waals surface area contributed by atoms with Gasteiger partial charge in [-0.2, -0.15) is 0 Å². The van der Waals surface area contributed by atoms with Crippen molar-refractivity contribution >= 4 is 29.3 Å². The van der Waals surface area contributed by atoms with E-state index in [0.717, 1.165) is 6.07 Å². The second-order valence-electron chi connectivity index (χ2n) is 5.28. The zero-order valence-electron chi connectivity index (χ0n) is 13.0. The van der Waals surface area contributed by atoms with Crippen LogP contribution in [0.5, 0.6) is 11.5 Å². The van der Waals surface area contributed by atoms with Crippen molar-refractivity contribution in [2.45, 2.75) is 4.90 Å². The monoisotopic (exact) mass is 361 g/mol. The summed E-state index contributed by atoms with van der Waals surface area (Å²) in [6.45, 7) is 0. The van der Waals surface area contributed by atoms with E-state index in [1.54, 1.807) is 6.07 Å². The smallest absolute Gasteiger partial charge is 0.315 e. The van der Waals surface area contributed by atoms with Crippen molar-refractivity contribution in [1.29, 1.82) is 0 Å². The first-order chi connectivity index (χ1) is 11.9. The lowest BCUT2D eigenvalue weighted by Crippen LogP contribution is -2.12. The molecule has 1 aliphatic heterocycles. The number of ketones is 1. The highest BCUT2D eigenvalue weighted by atomic mass is 32.2. The molecule has 0 saturated heterocycles. The Morgan fingerprint density at radius 3 is 2.80 bits per heavy atom. The molecular formula is C17H12FNO5S. The lowest BCUT2D eigenvalue weighted by molar-refractivity contribution is -0.386. The van der Waals surface area contributed by atoms with Crippen molar-refractivity contribution in [3.8, 4) is 11.5 Å². The van der Waals surface area contributed by atoms with E-state index in [1.807, 2.05) is 0 Å². The maximum Gasteiger partial charge on any atom is 0.315 e. The van der Waals surface area contributed by atoms with E-state index in [0.29, 0.717) is 21.8 Å². The molecule has 0 amide bonds. The summed E-state index contributed by atoms with van der Waals surface area (Å²) in [6.07, 6.45) is 1.48. The Balaban J connectivity index is 2.05. The maximum absolute atomic E-state index is 13.4. The summed E-state index contributed by atoms with van der Waals surface area (Å²) < 4.78 is 18.3. The van der Waals surface area contributed by atoms with Crippen LogP contribution in [0.4, 0.5) is 10.1 Å². The molecule has 128 valence electrons. The van der Waals surface area contributed by atoms with E-state index in [4.69, 9.17) is 4.74 Å². The number of hydrogen-bond donors (Lipinski definition) is 1. The number of aromatic hydroxyl groups is 1. The van der Waals surface area contributed by atoms with Gasteiger partial charge in [0.2, 0.25) is 5.75 Å². The van der Waals surface area contributed by atoms with Crippen LogP contribution in [0.2, 0.25) is 0 Å². The molecule has 0 aromatic heterocycles. The molecule has 1 aliphatic rings. The van der Waals surface area contributed by atoms with Crippen molar-refractivity contribution in [1.82, 2.24) is 0 Å². The highest BCUT2D eigenvalue weighted by Crippen LogP contribution is 2.39. The summed E-state index contributed by atoms with van der Waals surface area (Å²) in [7, 11) is 1.27. The third kappa shape index (κ3) is 3.20. The number of benzene rings is 2. The van der Waals surface area contributed by atoms with Crippen LogP contribution in [0.3, 0.4) is 0 Å². The van der Waals surface area contributed by atoms with Crippen molar-refractivity contribution in [3.05, 3.63) is 63.0 Å². The topological polar surface area (TPSA) is 89.7 Å². The minimum absolute atomic E-state index is 0.0663. The number of phenols is 1. The molecule has 3 rings (SSSR count). The Kier molecular flexibility index (Phi) is 4.45. The molecule has 0 bridgehead atoms. The first kappa shape index (κ1) is 17.0. The molecular weight excluding hydrogens is 349 g/mol. The predicted molar refractivity (Wildman–Crippen MR) is 90.7 cm³/mol. The number of nitro groups is 1. The first-order valence-electron chi connectivity index (χ1n) is 7.13. The average molecular weight is 361 g/mol. The van der Waals surface area contributed by atoms with Crippen molar-refractivity contribution in [3.63, 3.8) is 0 Å². The van der Waals surface area contributed by atoms with Gasteiger partial charge in [-0.15, -0.1) is 11.8 Å². The van der Waals surface area contributed by atoms with Gasteiger partial charge >= 0.3 is 5.69 Å². The lowest BCUT2D eigenvalue weighted by atomic mass is 10.0. The number of phenolic OH excluding ortho intramolecular Hbond substituents is 1. The minimum atomic E-state index is -0.734. The van der Waals surface area contributed by atoms with Gasteiger partial charge in [0, 0.05) is 27.9 Å². The highest BCUT2D eigenvalue weighted by Gasteiger charge is 2.24. The molecule has 1 N–H and O–H groups in total. The second-order valence-corrected chi connectivity index (χ2v) is 6.29. The highest BCUT2D eigenvalue weighted by molar-refractivity contribution is 7.99. The Morgan fingerprint density at radius 2 is 2.12 bits per heavy atom. The fourth-order valence-corrected chi connectivity index (χ4v) is 3.50. The number of nitrogens with zero attached hydrogens (tertiary/aromatic N) is 1. The van der Waals surface area contributed by atoms with Crippen LogP contribution in [0.25, 0.3) is 6.08 Å². The van der Waals surface area contributed by atoms with Crippen LogP contribution in [0.1, 0.15) is 15.9 Å². The Morgan fingerprint density at radius 1 is 1.36 bits per heavy atom. The summed E-state index contributed by atoms with van der Waals surface area (Å²) in [5.74, 6) is -1.12. The molecule has 0 spiro atoms. The summed E-state index contributed by atoms with van der Waals surface area (Å²) >= 11 is 1.38. The number of methoxy groups -OCH3 is 1. The van der Waals surface area contributed by atoms with Gasteiger partial charge in [0.05, 0.1) is 12.0 Å². The van der Waals surface area contributed by atoms with Gasteiger partial charge < -0.3 is 9.84 Å². The van der Waals surface area contributed by atoms with Gasteiger partial charge in [0.25, 0.3) is 0 Å². The van der Waals surface area contributed by atoms with Gasteiger partial charge in [0.15, 0.2) is 11.5 Å². The molecule has 6 nitrogen and oxygen atoms in total. The summed E-state index contributed by atoms with van der Waals surface area (Å²) in [5.41, 5.74) is 0.464. The van der Waals surface area contributed by atoms with E-state index >= 15 is 0 Å². The van der Waals surface area contributed by atoms with Crippen LogP contribution >= 0.6 is 11.8 Å². The molecule has 0 saturated carbocycles. The molecule has 0 aliphatic carbocycles. The van der Waals surface area contributed by atoms with Crippen molar-refractivity contribution in [2.24, 2.45) is 0 Å². The third-order valence-corrected chi connectivity index (χ3v) is 4.82. The quantitative estimate of drug-likeness (QED) is 0.508. The fraction of sp³-hybridized carbons (Fsp3) is 0.118. The number of fused-ring (bicyclic) bond motifs is 1. The number of carbonyl (C=O) groups is 1. The number of rotatable bonds is 3. The summed E-state index contributed by atoms with van der Waals surface area (Å²) in [4.78, 5) is 23.6. The number of Topliss-reactive ketones (excluding diaryl/α,β-unsaturated/α-hetero) is 1. The molecule has 0 unspecified atom stereocenters. The summed E-state index contributed by atoms with van der Waals surface area (Å²) in [5, 5.41) is 20.9. The van der Waals surface area contributed by atoms with Gasteiger partial charge in [-0.1, -0.05) is 0 Å². The van der Waals surface area contributed by atoms with E-state index in [-0.39, 0.29) is 17.1 Å². The standard InChI is InChI=1S/C17H12FNO5S/c1-24-14-6-9(5-13(17(14)21)19(22)23)4-10-8-25-15-3-2-11(18)7-12(15)16(10)20/h2-7,21H,8H2,1H3/b10-4+. The normalized spacial score (nSPS) is 15.1. The zero-order valence-corrected chi connectivity index (χ0v) is 13.8. The molecule has 1 heterocycles. The second kappa shape index (κ2) is 6.56. The molecule has 2 aromatic rings. The zero-order chi connectivity index (χ0) is 18.1. The number of ether oxygens (including phenoxy) is 1. The van der Waals surface area contributed by atoms with Crippen LogP contribution < -0.4 is 4.74 Å². The SMILES string of the molecule is COc1cc(/C=C2\CSc3ccc(F)cc3C2=O)cc([N+](=O)[O-])c1O. The van der Waals surface area contributed by atoms with Crippen LogP contribution in [-0.4, -0.2) is 28.7 Å². The first-order valence-corrected chi connectivity index (χ1v) is 8.12. The Bertz CT molecular complexity index is 925. The van der Waals surface area contributed by atoms with Crippen LogP contribution in [0, 0.1) is 15.9 Å². The molecule has 2 aromatic carbocycles. The predicted octanol–water partition coefficient (Wildman–Crippen LogP) is 3.82. The summed E-state index contributed by atoms with van der Waals surface area (Å²) in [6, 6.07) is 6.58. The largest absolute Gasteiger partial charge is 0.500 e. The van der Waals surface area contributed by atoms with E-state index < -0.39 is 22.2 Å². The van der Waals surface area contributed by atoms with Gasteiger partial charge in [-0.05, 0) is 35.9 Å². The lowest BCUT2D eigenvalue weighted by Gasteiger charge is -2.17. The number of thioether (sulfide) groups is 1. The van der Waals surface area contributed by atoms with Crippen LogP contribution in [-0.2, 0) is 0 Å². The van der Waals surface area contributed by atoms with E-state index in [2.05, 4.69) is 0 Å². The Hall–Kier alpha value is -2.87. The minimum Gasteiger partial charge on any atom is -0.500 e. The maximum atomic E-state index is 13.4. The third-order valence-electron chi connectivity index (χ3n) is 3.70. The van der Waals surface area contributed by atoms with Crippen molar-refractivity contribution < 1.29 is 24.0 Å². The molecule has 0 radical (unpaired) electrons. The van der Waals surface area contributed by atoms with Gasteiger partial charge in [0.1, 0.15) is 5.82 Å². The van der Waals surface area contributed by atoms with Gasteiger partial charge in [-0.3, -0.25) is 14.9 Å². The number of halogens is 1. The van der Waals surface area contributed by atoms with E-state index in [9.17, 15) is 24.4 Å². The fourth-order valence-electron chi connectivity index (χ4n) is 2.50. The molecule has 0 atom stereocenters. The van der Waals surface area contributed by atoms with Crippen molar-refractivity contribution in [2.75, 3.05) is 12.9 Å². The van der Waals surface area contributed by atoms with Crippen LogP contribution in [0.15, 0.2) is 40.8 Å². The Labute approximate surface area is 146 Å². The average Bonchev–Trinajstić information content (AvgIpc) is 2.58. The molecule has 0 fully saturated rings. The van der Waals surface area contributed by atoms with Gasteiger partial charge in [-0.25, -0.2) is 4.39 Å². The van der Waals surface area contributed by atoms with E-state index in [1.165, 1.54) is 43.1 Å². The molecule has 8 heteroatoms. The molecule has 25 heavy (non-hydrogen) atoms.